The van der Waals surface area contributed by atoms with Crippen molar-refractivity contribution in [1.29, 1.82) is 0 Å². The first kappa shape index (κ1) is 12.2. The third kappa shape index (κ3) is 3.15. The minimum atomic E-state index is 0.669. The number of ether oxygens (including phenoxy) is 1. The van der Waals surface area contributed by atoms with Gasteiger partial charge < -0.3 is 14.6 Å². The molecule has 1 fully saturated rings. The van der Waals surface area contributed by atoms with Gasteiger partial charge in [-0.25, -0.2) is 4.98 Å². The number of hydrogen-bond acceptors (Lipinski definition) is 3. The van der Waals surface area contributed by atoms with Crippen LogP contribution < -0.4 is 10.1 Å². The van der Waals surface area contributed by atoms with Gasteiger partial charge in [0.05, 0.1) is 19.3 Å². The summed E-state index contributed by atoms with van der Waals surface area (Å²) >= 11 is 0. The Morgan fingerprint density at radius 3 is 3.00 bits per heavy atom. The van der Waals surface area contributed by atoms with Crippen LogP contribution in [0.15, 0.2) is 36.5 Å². The van der Waals surface area contributed by atoms with E-state index >= 15 is 0 Å². The van der Waals surface area contributed by atoms with Crippen molar-refractivity contribution in [2.24, 2.45) is 0 Å². The second-order valence-corrected chi connectivity index (χ2v) is 4.95. The van der Waals surface area contributed by atoms with Crippen molar-refractivity contribution in [3.8, 4) is 5.88 Å². The SMILES string of the molecule is COc1cccc(Cn2cccc2CNC2CC2)n1. The van der Waals surface area contributed by atoms with Gasteiger partial charge in [0.1, 0.15) is 0 Å². The van der Waals surface area contributed by atoms with Gasteiger partial charge in [0.15, 0.2) is 0 Å². The zero-order chi connectivity index (χ0) is 13.1. The Hall–Kier alpha value is -1.81. The number of nitrogens with zero attached hydrogens (tertiary/aromatic N) is 2. The fourth-order valence-electron chi connectivity index (χ4n) is 2.13. The number of rotatable bonds is 6. The summed E-state index contributed by atoms with van der Waals surface area (Å²) in [5, 5.41) is 3.54. The second-order valence-electron chi connectivity index (χ2n) is 4.95. The minimum absolute atomic E-state index is 0.669. The molecule has 1 aliphatic rings. The number of pyridine rings is 1. The first-order chi connectivity index (χ1) is 9.35. The van der Waals surface area contributed by atoms with Gasteiger partial charge in [0, 0.05) is 30.5 Å². The quantitative estimate of drug-likeness (QED) is 0.862. The molecule has 0 bridgehead atoms. The van der Waals surface area contributed by atoms with Crippen molar-refractivity contribution >= 4 is 0 Å². The summed E-state index contributed by atoms with van der Waals surface area (Å²) in [6.07, 6.45) is 4.74. The molecule has 100 valence electrons. The fourth-order valence-corrected chi connectivity index (χ4v) is 2.13. The maximum atomic E-state index is 5.16. The van der Waals surface area contributed by atoms with Gasteiger partial charge in [0.2, 0.25) is 5.88 Å². The highest BCUT2D eigenvalue weighted by Crippen LogP contribution is 2.19. The predicted molar refractivity (Wildman–Crippen MR) is 74.2 cm³/mol. The van der Waals surface area contributed by atoms with Crippen LogP contribution in [-0.2, 0) is 13.1 Å². The zero-order valence-corrected chi connectivity index (χ0v) is 11.2. The molecular formula is C15H19N3O. The van der Waals surface area contributed by atoms with Crippen LogP contribution in [0.25, 0.3) is 0 Å². The first-order valence-electron chi connectivity index (χ1n) is 6.72. The Kier molecular flexibility index (Phi) is 3.51. The second kappa shape index (κ2) is 5.45. The molecule has 0 amide bonds. The molecule has 2 aromatic heterocycles. The average molecular weight is 257 g/mol. The van der Waals surface area contributed by atoms with Crippen LogP contribution in [0.5, 0.6) is 5.88 Å². The number of nitrogens with one attached hydrogen (secondary N) is 1. The standard InChI is InChI=1S/C15H19N3O/c1-19-15-6-2-4-13(17-15)11-18-9-3-5-14(18)10-16-12-7-8-12/h2-6,9,12,16H,7-8,10-11H2,1H3. The maximum Gasteiger partial charge on any atom is 0.213 e. The summed E-state index contributed by atoms with van der Waals surface area (Å²) in [5.41, 5.74) is 2.32. The van der Waals surface area contributed by atoms with Gasteiger partial charge >= 0.3 is 0 Å². The lowest BCUT2D eigenvalue weighted by Gasteiger charge is -2.10. The van der Waals surface area contributed by atoms with Crippen LogP contribution in [0, 0.1) is 0 Å². The highest BCUT2D eigenvalue weighted by Gasteiger charge is 2.20. The lowest BCUT2D eigenvalue weighted by Crippen LogP contribution is -2.18. The van der Waals surface area contributed by atoms with E-state index < -0.39 is 0 Å². The van der Waals surface area contributed by atoms with Crippen molar-refractivity contribution in [3.63, 3.8) is 0 Å². The Labute approximate surface area is 113 Å². The number of hydrogen-bond donors (Lipinski definition) is 1. The molecule has 0 aromatic carbocycles. The monoisotopic (exact) mass is 257 g/mol. The van der Waals surface area contributed by atoms with Crippen LogP contribution in [-0.4, -0.2) is 22.7 Å². The van der Waals surface area contributed by atoms with Crippen LogP contribution in [0.2, 0.25) is 0 Å². The summed E-state index contributed by atoms with van der Waals surface area (Å²) in [4.78, 5) is 4.45. The molecule has 1 saturated carbocycles. The summed E-state index contributed by atoms with van der Waals surface area (Å²) in [6.45, 7) is 1.72. The van der Waals surface area contributed by atoms with Crippen molar-refractivity contribution in [1.82, 2.24) is 14.9 Å². The van der Waals surface area contributed by atoms with Gasteiger partial charge in [-0.3, -0.25) is 0 Å². The summed E-state index contributed by atoms with van der Waals surface area (Å²) in [5.74, 6) is 0.669. The van der Waals surface area contributed by atoms with E-state index in [1.165, 1.54) is 18.5 Å². The summed E-state index contributed by atoms with van der Waals surface area (Å²) < 4.78 is 7.39. The Bertz CT molecular complexity index is 546. The van der Waals surface area contributed by atoms with E-state index in [0.717, 1.165) is 24.8 Å². The summed E-state index contributed by atoms with van der Waals surface area (Å²) in [6, 6.07) is 10.9. The van der Waals surface area contributed by atoms with Gasteiger partial charge in [-0.1, -0.05) is 6.07 Å². The maximum absolute atomic E-state index is 5.16. The molecule has 4 heteroatoms. The van der Waals surface area contributed by atoms with Crippen molar-refractivity contribution in [2.45, 2.75) is 32.0 Å². The summed E-state index contributed by atoms with van der Waals surface area (Å²) in [7, 11) is 1.65. The first-order valence-corrected chi connectivity index (χ1v) is 6.72. The molecule has 19 heavy (non-hydrogen) atoms. The van der Waals surface area contributed by atoms with E-state index in [9.17, 15) is 0 Å². The van der Waals surface area contributed by atoms with Gasteiger partial charge in [0.25, 0.3) is 0 Å². The Balaban J connectivity index is 1.69. The molecular weight excluding hydrogens is 238 g/mol. The van der Waals surface area contributed by atoms with Crippen LogP contribution in [0.3, 0.4) is 0 Å². The molecule has 0 unspecified atom stereocenters. The zero-order valence-electron chi connectivity index (χ0n) is 11.2. The molecule has 4 nitrogen and oxygen atoms in total. The van der Waals surface area contributed by atoms with Crippen LogP contribution >= 0.6 is 0 Å². The number of aromatic nitrogens is 2. The molecule has 0 saturated heterocycles. The van der Waals surface area contributed by atoms with Gasteiger partial charge in [-0.15, -0.1) is 0 Å². The van der Waals surface area contributed by atoms with Gasteiger partial charge in [-0.2, -0.15) is 0 Å². The van der Waals surface area contributed by atoms with Crippen LogP contribution in [0.4, 0.5) is 0 Å². The van der Waals surface area contributed by atoms with E-state index in [2.05, 4.69) is 33.2 Å². The van der Waals surface area contributed by atoms with E-state index in [-0.39, 0.29) is 0 Å². The van der Waals surface area contributed by atoms with Crippen LogP contribution in [0.1, 0.15) is 24.2 Å². The largest absolute Gasteiger partial charge is 0.481 e. The van der Waals surface area contributed by atoms with E-state index in [0.29, 0.717) is 5.88 Å². The number of methoxy groups -OCH3 is 1. The molecule has 0 atom stereocenters. The average Bonchev–Trinajstić information content (AvgIpc) is 3.17. The third-order valence-electron chi connectivity index (χ3n) is 3.40. The van der Waals surface area contributed by atoms with Crippen molar-refractivity contribution in [3.05, 3.63) is 47.9 Å². The van der Waals surface area contributed by atoms with Crippen molar-refractivity contribution in [2.75, 3.05) is 7.11 Å². The fraction of sp³-hybridized carbons (Fsp3) is 0.400. The molecule has 0 spiro atoms. The smallest absolute Gasteiger partial charge is 0.213 e. The van der Waals surface area contributed by atoms with Crippen molar-refractivity contribution < 1.29 is 4.74 Å². The topological polar surface area (TPSA) is 39.1 Å². The van der Waals surface area contributed by atoms with E-state index in [4.69, 9.17) is 4.74 Å². The molecule has 1 aliphatic carbocycles. The third-order valence-corrected chi connectivity index (χ3v) is 3.40. The van der Waals surface area contributed by atoms with E-state index in [1.54, 1.807) is 7.11 Å². The normalized spacial score (nSPS) is 14.6. The van der Waals surface area contributed by atoms with E-state index in [1.807, 2.05) is 18.2 Å². The molecule has 2 heterocycles. The Morgan fingerprint density at radius 2 is 2.21 bits per heavy atom. The highest BCUT2D eigenvalue weighted by atomic mass is 16.5. The molecule has 0 aliphatic heterocycles. The lowest BCUT2D eigenvalue weighted by molar-refractivity contribution is 0.396. The molecule has 2 aromatic rings. The lowest BCUT2D eigenvalue weighted by atomic mass is 10.3. The van der Waals surface area contributed by atoms with Gasteiger partial charge in [-0.05, 0) is 31.0 Å². The predicted octanol–water partition coefficient (Wildman–Crippen LogP) is 2.19. The highest BCUT2D eigenvalue weighted by molar-refractivity contribution is 5.17. The molecule has 0 radical (unpaired) electrons. The minimum Gasteiger partial charge on any atom is -0.481 e. The Morgan fingerprint density at radius 1 is 1.32 bits per heavy atom. The molecule has 1 N–H and O–H groups in total. The molecule has 3 rings (SSSR count).